The van der Waals surface area contributed by atoms with Gasteiger partial charge in [-0.15, -0.1) is 0 Å². The zero-order valence-electron chi connectivity index (χ0n) is 10.9. The van der Waals surface area contributed by atoms with Crippen molar-refractivity contribution in [1.29, 1.82) is 0 Å². The summed E-state index contributed by atoms with van der Waals surface area (Å²) in [5.74, 6) is 1.80. The Morgan fingerprint density at radius 3 is 2.40 bits per heavy atom. The third kappa shape index (κ3) is 5.01. The molecule has 15 heavy (non-hydrogen) atoms. The molecule has 0 aliphatic heterocycles. The lowest BCUT2D eigenvalue weighted by molar-refractivity contribution is 0.272. The summed E-state index contributed by atoms with van der Waals surface area (Å²) in [5, 5.41) is 3.74. The molecule has 2 atom stereocenters. The summed E-state index contributed by atoms with van der Waals surface area (Å²) in [6, 6.07) is 0.740. The van der Waals surface area contributed by atoms with E-state index >= 15 is 0 Å². The molecule has 1 unspecified atom stereocenters. The smallest absolute Gasteiger partial charge is 0.00671 e. The molecule has 1 N–H and O–H groups in total. The summed E-state index contributed by atoms with van der Waals surface area (Å²) >= 11 is 0. The van der Waals surface area contributed by atoms with Crippen LogP contribution < -0.4 is 5.32 Å². The minimum Gasteiger partial charge on any atom is -0.314 e. The van der Waals surface area contributed by atoms with Gasteiger partial charge >= 0.3 is 0 Å². The van der Waals surface area contributed by atoms with E-state index in [1.165, 1.54) is 51.5 Å². The molecule has 1 aliphatic rings. The summed E-state index contributed by atoms with van der Waals surface area (Å²) in [4.78, 5) is 0. The lowest BCUT2D eigenvalue weighted by Crippen LogP contribution is -2.37. The summed E-state index contributed by atoms with van der Waals surface area (Å²) in [6.07, 6.45) is 9.98. The van der Waals surface area contributed by atoms with Crippen LogP contribution in [0.5, 0.6) is 0 Å². The van der Waals surface area contributed by atoms with Gasteiger partial charge in [0.1, 0.15) is 0 Å². The maximum absolute atomic E-state index is 3.74. The molecule has 0 radical (unpaired) electrons. The first kappa shape index (κ1) is 13.0. The van der Waals surface area contributed by atoms with E-state index < -0.39 is 0 Å². The van der Waals surface area contributed by atoms with Crippen LogP contribution in [0, 0.1) is 11.8 Å². The Balaban J connectivity index is 2.13. The van der Waals surface area contributed by atoms with E-state index in [1.54, 1.807) is 0 Å². The van der Waals surface area contributed by atoms with E-state index in [2.05, 4.69) is 26.1 Å². The fourth-order valence-corrected chi connectivity index (χ4v) is 2.78. The van der Waals surface area contributed by atoms with Crippen molar-refractivity contribution in [2.75, 3.05) is 6.54 Å². The van der Waals surface area contributed by atoms with Crippen molar-refractivity contribution in [3.8, 4) is 0 Å². The predicted molar refractivity (Wildman–Crippen MR) is 68.1 cm³/mol. The third-order valence-corrected chi connectivity index (χ3v) is 3.93. The summed E-state index contributed by atoms with van der Waals surface area (Å²) in [6.45, 7) is 8.24. The Bertz CT molecular complexity index is 149. The first-order valence-corrected chi connectivity index (χ1v) is 6.97. The normalized spacial score (nSPS) is 22.6. The van der Waals surface area contributed by atoms with Crippen molar-refractivity contribution >= 4 is 0 Å². The fraction of sp³-hybridized carbons (Fsp3) is 1.00. The highest BCUT2D eigenvalue weighted by atomic mass is 14.9. The highest BCUT2D eigenvalue weighted by Crippen LogP contribution is 2.26. The van der Waals surface area contributed by atoms with Gasteiger partial charge in [-0.2, -0.15) is 0 Å². The van der Waals surface area contributed by atoms with Crippen LogP contribution in [0.15, 0.2) is 0 Å². The predicted octanol–water partition coefficient (Wildman–Crippen LogP) is 3.98. The number of hydrogen-bond donors (Lipinski definition) is 1. The molecular formula is C14H29N. The van der Waals surface area contributed by atoms with Gasteiger partial charge in [-0.3, -0.25) is 0 Å². The zero-order valence-corrected chi connectivity index (χ0v) is 10.9. The van der Waals surface area contributed by atoms with E-state index in [0.29, 0.717) is 0 Å². The van der Waals surface area contributed by atoms with Gasteiger partial charge in [-0.1, -0.05) is 39.5 Å². The Hall–Kier alpha value is -0.0400. The maximum atomic E-state index is 3.74. The molecule has 0 heterocycles. The number of rotatable bonds is 6. The van der Waals surface area contributed by atoms with Crippen molar-refractivity contribution in [2.45, 2.75) is 71.8 Å². The van der Waals surface area contributed by atoms with E-state index in [1.807, 2.05) is 0 Å². The Kier molecular flexibility index (Phi) is 6.31. The molecule has 0 aromatic heterocycles. The summed E-state index contributed by atoms with van der Waals surface area (Å²) in [5.41, 5.74) is 0. The second-order valence-corrected chi connectivity index (χ2v) is 5.49. The highest BCUT2D eigenvalue weighted by molar-refractivity contribution is 4.76. The third-order valence-electron chi connectivity index (χ3n) is 3.93. The van der Waals surface area contributed by atoms with Crippen molar-refractivity contribution in [3.63, 3.8) is 0 Å². The van der Waals surface area contributed by atoms with Gasteiger partial charge in [0.2, 0.25) is 0 Å². The lowest BCUT2D eigenvalue weighted by atomic mass is 9.84. The van der Waals surface area contributed by atoms with Crippen molar-refractivity contribution < 1.29 is 0 Å². The molecule has 0 aromatic carbocycles. The largest absolute Gasteiger partial charge is 0.314 e. The first-order chi connectivity index (χ1) is 7.24. The van der Waals surface area contributed by atoms with E-state index in [9.17, 15) is 0 Å². The highest BCUT2D eigenvalue weighted by Gasteiger charge is 2.19. The van der Waals surface area contributed by atoms with Gasteiger partial charge in [0.15, 0.2) is 0 Å². The molecule has 0 spiro atoms. The molecule has 1 nitrogen and oxygen atoms in total. The Labute approximate surface area is 96.0 Å². The molecule has 1 heteroatoms. The lowest BCUT2D eigenvalue weighted by Gasteiger charge is -2.29. The molecule has 0 saturated heterocycles. The van der Waals surface area contributed by atoms with Crippen molar-refractivity contribution in [3.05, 3.63) is 0 Å². The van der Waals surface area contributed by atoms with Crippen LogP contribution in [0.1, 0.15) is 65.7 Å². The second-order valence-electron chi connectivity index (χ2n) is 5.49. The SMILES string of the molecule is CCCC(C)CN[C@H](C)C1CCCCC1. The topological polar surface area (TPSA) is 12.0 Å². The summed E-state index contributed by atoms with van der Waals surface area (Å²) < 4.78 is 0. The Morgan fingerprint density at radius 2 is 1.80 bits per heavy atom. The van der Waals surface area contributed by atoms with E-state index in [0.717, 1.165) is 17.9 Å². The number of nitrogens with one attached hydrogen (secondary N) is 1. The van der Waals surface area contributed by atoms with Gasteiger partial charge in [-0.25, -0.2) is 0 Å². The van der Waals surface area contributed by atoms with Crippen molar-refractivity contribution in [1.82, 2.24) is 5.32 Å². The van der Waals surface area contributed by atoms with Gasteiger partial charge in [-0.05, 0) is 44.6 Å². The second kappa shape index (κ2) is 7.27. The Morgan fingerprint density at radius 1 is 1.13 bits per heavy atom. The molecule has 1 rings (SSSR count). The van der Waals surface area contributed by atoms with Gasteiger partial charge < -0.3 is 5.32 Å². The van der Waals surface area contributed by atoms with E-state index in [-0.39, 0.29) is 0 Å². The van der Waals surface area contributed by atoms with Crippen LogP contribution in [0.2, 0.25) is 0 Å². The number of hydrogen-bond acceptors (Lipinski definition) is 1. The van der Waals surface area contributed by atoms with Crippen molar-refractivity contribution in [2.24, 2.45) is 11.8 Å². The molecule has 0 aromatic rings. The first-order valence-electron chi connectivity index (χ1n) is 6.97. The molecule has 1 aliphatic carbocycles. The van der Waals surface area contributed by atoms with Crippen LogP contribution in [-0.4, -0.2) is 12.6 Å². The minimum atomic E-state index is 0.740. The fourth-order valence-electron chi connectivity index (χ4n) is 2.78. The average molecular weight is 211 g/mol. The van der Waals surface area contributed by atoms with Crippen LogP contribution in [0.4, 0.5) is 0 Å². The molecule has 0 bridgehead atoms. The quantitative estimate of drug-likeness (QED) is 0.700. The van der Waals surface area contributed by atoms with Gasteiger partial charge in [0, 0.05) is 6.04 Å². The van der Waals surface area contributed by atoms with Gasteiger partial charge in [0.05, 0.1) is 0 Å². The molecule has 1 saturated carbocycles. The van der Waals surface area contributed by atoms with Crippen LogP contribution in [0.3, 0.4) is 0 Å². The molecular weight excluding hydrogens is 182 g/mol. The van der Waals surface area contributed by atoms with Crippen LogP contribution >= 0.6 is 0 Å². The molecule has 0 amide bonds. The summed E-state index contributed by atoms with van der Waals surface area (Å²) in [7, 11) is 0. The molecule has 90 valence electrons. The monoisotopic (exact) mass is 211 g/mol. The van der Waals surface area contributed by atoms with Crippen LogP contribution in [0.25, 0.3) is 0 Å². The molecule has 1 fully saturated rings. The maximum Gasteiger partial charge on any atom is 0.00671 e. The minimum absolute atomic E-state index is 0.740. The van der Waals surface area contributed by atoms with E-state index in [4.69, 9.17) is 0 Å². The average Bonchev–Trinajstić information content (AvgIpc) is 2.27. The zero-order chi connectivity index (χ0) is 11.1. The standard InChI is InChI=1S/C14H29N/c1-4-8-12(2)11-15-13(3)14-9-6-5-7-10-14/h12-15H,4-11H2,1-3H3/t12?,13-/m1/s1. The van der Waals surface area contributed by atoms with Gasteiger partial charge in [0.25, 0.3) is 0 Å². The van der Waals surface area contributed by atoms with Crippen LogP contribution in [-0.2, 0) is 0 Å².